The van der Waals surface area contributed by atoms with Crippen LogP contribution < -0.4 is 9.64 Å². The summed E-state index contributed by atoms with van der Waals surface area (Å²) in [5.41, 5.74) is 6.73. The van der Waals surface area contributed by atoms with Crippen molar-refractivity contribution < 1.29 is 28.5 Å². The van der Waals surface area contributed by atoms with Crippen molar-refractivity contribution in [2.45, 2.75) is 99.7 Å². The molecule has 1 fully saturated rings. The fourth-order valence-electron chi connectivity index (χ4n) is 6.42. The molecular weight excluding hydrogens is 635 g/mol. The summed E-state index contributed by atoms with van der Waals surface area (Å²) >= 11 is 0. The van der Waals surface area contributed by atoms with Gasteiger partial charge in [0.2, 0.25) is 0 Å². The molecule has 2 aromatic heterocycles. The zero-order valence-electron chi connectivity index (χ0n) is 30.7. The Hall–Kier alpha value is -4.28. The Morgan fingerprint density at radius 1 is 1.02 bits per heavy atom. The Balaban J connectivity index is 1.57. The molecule has 1 atom stereocenters. The monoisotopic (exact) mass is 686 g/mol. The Bertz CT molecular complexity index is 1770. The molecule has 50 heavy (non-hydrogen) atoms. The van der Waals surface area contributed by atoms with Crippen LogP contribution in [0, 0.1) is 32.0 Å². The lowest BCUT2D eigenvalue weighted by Gasteiger charge is -2.41. The lowest BCUT2D eigenvalue weighted by Crippen LogP contribution is -2.39. The first kappa shape index (κ1) is 37.0. The summed E-state index contributed by atoms with van der Waals surface area (Å²) < 4.78 is 33.8. The minimum Gasteiger partial charge on any atom is -0.493 e. The number of aryl methyl sites for hydroxylation is 3. The van der Waals surface area contributed by atoms with Gasteiger partial charge in [-0.2, -0.15) is 5.10 Å². The minimum absolute atomic E-state index is 0.172. The van der Waals surface area contributed by atoms with E-state index < -0.39 is 17.7 Å². The van der Waals surface area contributed by atoms with Crippen molar-refractivity contribution in [2.75, 3.05) is 24.6 Å². The third-order valence-electron chi connectivity index (χ3n) is 9.14. The Kier molecular flexibility index (Phi) is 11.3. The van der Waals surface area contributed by atoms with Crippen molar-refractivity contribution >= 4 is 11.7 Å². The third-order valence-corrected chi connectivity index (χ3v) is 9.14. The topological polar surface area (TPSA) is 98.9 Å². The van der Waals surface area contributed by atoms with E-state index in [1.165, 1.54) is 12.1 Å². The predicted molar refractivity (Wildman–Crippen MR) is 193 cm³/mol. The molecule has 0 spiro atoms. The summed E-state index contributed by atoms with van der Waals surface area (Å²) in [4.78, 5) is 20.4. The molecule has 3 heterocycles. The summed E-state index contributed by atoms with van der Waals surface area (Å²) in [7, 11) is 0. The predicted octanol–water partition coefficient (Wildman–Crippen LogP) is 8.37. The van der Waals surface area contributed by atoms with Gasteiger partial charge >= 0.3 is 5.97 Å². The smallest absolute Gasteiger partial charge is 0.337 e. The highest BCUT2D eigenvalue weighted by molar-refractivity contribution is 5.88. The zero-order valence-corrected chi connectivity index (χ0v) is 30.7. The van der Waals surface area contributed by atoms with Crippen LogP contribution in [0.25, 0.3) is 11.1 Å². The average molecular weight is 687 g/mol. The number of hydrogen-bond acceptors (Lipinski definition) is 7. The SMILES string of the molecule is Cc1cc(C)n(COCc2nc(C)c(C(OC(C)(C)C)C(=O)O)c(N3CCC(C)(C)CC3)c2-c2ccc(OCCc3ccc(F)cc3)cc2)n1. The maximum absolute atomic E-state index is 13.3. The number of carboxylic acids is 1. The van der Waals surface area contributed by atoms with Crippen molar-refractivity contribution in [1.82, 2.24) is 14.8 Å². The normalized spacial score (nSPS) is 15.3. The first-order valence-electron chi connectivity index (χ1n) is 17.4. The second-order valence-corrected chi connectivity index (χ2v) is 15.0. The number of nitrogens with zero attached hydrogens (tertiary/aromatic N) is 4. The summed E-state index contributed by atoms with van der Waals surface area (Å²) in [6, 6.07) is 16.3. The van der Waals surface area contributed by atoms with Crippen molar-refractivity contribution in [1.29, 1.82) is 0 Å². The molecule has 1 aliphatic rings. The number of carbonyl (C=O) groups is 1. The second kappa shape index (κ2) is 15.3. The third kappa shape index (κ3) is 9.28. The number of piperidine rings is 1. The van der Waals surface area contributed by atoms with Crippen LogP contribution in [0.1, 0.15) is 87.5 Å². The van der Waals surface area contributed by atoms with Crippen LogP contribution in [0.2, 0.25) is 0 Å². The highest BCUT2D eigenvalue weighted by Gasteiger charge is 2.37. The van der Waals surface area contributed by atoms with Crippen molar-refractivity contribution in [3.8, 4) is 16.9 Å². The van der Waals surface area contributed by atoms with E-state index in [0.29, 0.717) is 35.7 Å². The van der Waals surface area contributed by atoms with E-state index in [1.54, 1.807) is 12.1 Å². The number of pyridine rings is 1. The van der Waals surface area contributed by atoms with Gasteiger partial charge in [-0.25, -0.2) is 13.9 Å². The first-order chi connectivity index (χ1) is 23.6. The van der Waals surface area contributed by atoms with E-state index in [2.05, 4.69) is 23.8 Å². The Morgan fingerprint density at radius 2 is 1.68 bits per heavy atom. The number of carboxylic acid groups (broad SMARTS) is 1. The summed E-state index contributed by atoms with van der Waals surface area (Å²) in [5.74, 6) is -0.630. The molecule has 1 N–H and O–H groups in total. The van der Waals surface area contributed by atoms with Gasteiger partial charge in [-0.05, 0) is 101 Å². The minimum atomic E-state index is -1.23. The zero-order chi connectivity index (χ0) is 36.2. The molecule has 1 aliphatic heterocycles. The first-order valence-corrected chi connectivity index (χ1v) is 17.4. The molecule has 1 saturated heterocycles. The molecule has 2 aromatic carbocycles. The molecule has 10 heteroatoms. The fraction of sp³-hybridized carbons (Fsp3) is 0.475. The summed E-state index contributed by atoms with van der Waals surface area (Å²) in [5, 5.41) is 15.2. The number of hydrogen-bond donors (Lipinski definition) is 1. The molecule has 0 radical (unpaired) electrons. The molecule has 268 valence electrons. The number of ether oxygens (including phenoxy) is 3. The van der Waals surface area contributed by atoms with Gasteiger partial charge in [0, 0.05) is 42.0 Å². The van der Waals surface area contributed by atoms with Gasteiger partial charge in [0.15, 0.2) is 6.10 Å². The maximum atomic E-state index is 13.3. The van der Waals surface area contributed by atoms with Gasteiger partial charge in [-0.15, -0.1) is 0 Å². The van der Waals surface area contributed by atoms with Gasteiger partial charge in [-0.1, -0.05) is 38.1 Å². The number of anilines is 1. The molecule has 1 unspecified atom stereocenters. The second-order valence-electron chi connectivity index (χ2n) is 15.0. The molecule has 4 aromatic rings. The quantitative estimate of drug-likeness (QED) is 0.150. The molecule has 9 nitrogen and oxygen atoms in total. The van der Waals surface area contributed by atoms with Gasteiger partial charge in [-0.3, -0.25) is 4.98 Å². The van der Waals surface area contributed by atoms with E-state index in [9.17, 15) is 14.3 Å². The van der Waals surface area contributed by atoms with E-state index in [-0.39, 0.29) is 24.6 Å². The average Bonchev–Trinajstić information content (AvgIpc) is 3.37. The summed E-state index contributed by atoms with van der Waals surface area (Å²) in [6.07, 6.45) is 1.32. The molecule has 0 aliphatic carbocycles. The van der Waals surface area contributed by atoms with Crippen LogP contribution in [-0.2, 0) is 34.0 Å². The van der Waals surface area contributed by atoms with Crippen LogP contribution in [0.3, 0.4) is 0 Å². The van der Waals surface area contributed by atoms with E-state index in [4.69, 9.17) is 19.2 Å². The summed E-state index contributed by atoms with van der Waals surface area (Å²) in [6.45, 7) is 18.4. The molecule has 5 rings (SSSR count). The standard InChI is InChI=1S/C40H51FN4O5/c1-26-23-27(2)45(43-26)25-48-24-33-35(30-11-15-32(16-12-30)49-22-17-29-9-13-31(41)14-10-29)36(44-20-18-40(7,8)19-21-44)34(28(3)42-33)37(38(46)47)50-39(4,5)6/h9-16,23,37H,17-22,24-25H2,1-8H3,(H,46,47). The van der Waals surface area contributed by atoms with Gasteiger partial charge in [0.25, 0.3) is 0 Å². The van der Waals surface area contributed by atoms with Crippen LogP contribution in [0.15, 0.2) is 54.6 Å². The molecule has 0 bridgehead atoms. The number of rotatable bonds is 13. The Labute approximate surface area is 295 Å². The highest BCUT2D eigenvalue weighted by Crippen LogP contribution is 2.45. The fourth-order valence-corrected chi connectivity index (χ4v) is 6.42. The van der Waals surface area contributed by atoms with Crippen molar-refractivity contribution in [3.63, 3.8) is 0 Å². The van der Waals surface area contributed by atoms with Gasteiger partial charge in [0.05, 0.1) is 35.9 Å². The van der Waals surface area contributed by atoms with Crippen LogP contribution in [0.4, 0.5) is 10.1 Å². The van der Waals surface area contributed by atoms with E-state index >= 15 is 0 Å². The largest absolute Gasteiger partial charge is 0.493 e. The van der Waals surface area contributed by atoms with Crippen LogP contribution >= 0.6 is 0 Å². The highest BCUT2D eigenvalue weighted by atomic mass is 19.1. The van der Waals surface area contributed by atoms with Crippen molar-refractivity contribution in [3.05, 3.63) is 94.3 Å². The number of aromatic nitrogens is 3. The maximum Gasteiger partial charge on any atom is 0.337 e. The molecule has 0 amide bonds. The lowest BCUT2D eigenvalue weighted by molar-refractivity contribution is -0.160. The van der Waals surface area contributed by atoms with Crippen LogP contribution in [0.5, 0.6) is 5.75 Å². The molecule has 0 saturated carbocycles. The van der Waals surface area contributed by atoms with Crippen molar-refractivity contribution in [2.24, 2.45) is 5.41 Å². The Morgan fingerprint density at radius 3 is 2.26 bits per heavy atom. The van der Waals surface area contributed by atoms with E-state index in [0.717, 1.165) is 59.7 Å². The number of halogens is 1. The van der Waals surface area contributed by atoms with Gasteiger partial charge < -0.3 is 24.2 Å². The van der Waals surface area contributed by atoms with Gasteiger partial charge in [0.1, 0.15) is 18.3 Å². The number of benzene rings is 2. The lowest BCUT2D eigenvalue weighted by atomic mass is 9.81. The van der Waals surface area contributed by atoms with Crippen LogP contribution in [-0.4, -0.2) is 51.1 Å². The van der Waals surface area contributed by atoms with E-state index in [1.807, 2.05) is 76.6 Å². The molecular formula is C40H51FN4O5. The number of aliphatic carboxylic acids is 1.